The molecule has 0 fully saturated rings. The van der Waals surface area contributed by atoms with Crippen molar-refractivity contribution in [3.63, 3.8) is 0 Å². The molecule has 1 aliphatic heterocycles. The van der Waals surface area contributed by atoms with Gasteiger partial charge in [-0.05, 0) is 12.1 Å². The van der Waals surface area contributed by atoms with Gasteiger partial charge in [0.25, 0.3) is 5.91 Å². The van der Waals surface area contributed by atoms with Crippen LogP contribution in [0.5, 0.6) is 11.5 Å². The van der Waals surface area contributed by atoms with Crippen LogP contribution in [0, 0.1) is 0 Å². The molecule has 0 saturated carbocycles. The number of fused-ring (bicyclic) bond motifs is 1. The molecule has 6 heteroatoms. The molecule has 1 aromatic carbocycles. The van der Waals surface area contributed by atoms with Crippen LogP contribution in [0.2, 0.25) is 5.02 Å². The number of benzene rings is 1. The molecule has 0 aliphatic carbocycles. The van der Waals surface area contributed by atoms with Gasteiger partial charge in [0.05, 0.1) is 12.1 Å². The molecule has 0 radical (unpaired) electrons. The summed E-state index contributed by atoms with van der Waals surface area (Å²) in [5, 5.41) is 1.47. The van der Waals surface area contributed by atoms with Crippen molar-refractivity contribution >= 4 is 17.5 Å². The van der Waals surface area contributed by atoms with Crippen LogP contribution in [-0.2, 0) is 4.84 Å². The number of halogens is 1. The summed E-state index contributed by atoms with van der Waals surface area (Å²) in [6, 6.07) is 3.13. The highest BCUT2D eigenvalue weighted by molar-refractivity contribution is 6.32. The third-order valence-electron chi connectivity index (χ3n) is 2.40. The third kappa shape index (κ3) is 2.30. The number of hydroxylamine groups is 2. The van der Waals surface area contributed by atoms with Gasteiger partial charge in [-0.3, -0.25) is 9.63 Å². The van der Waals surface area contributed by atoms with Crippen LogP contribution in [-0.4, -0.2) is 38.3 Å². The summed E-state index contributed by atoms with van der Waals surface area (Å²) in [6.07, 6.45) is 0. The molecule has 17 heavy (non-hydrogen) atoms. The lowest BCUT2D eigenvalue weighted by molar-refractivity contribution is -0.0757. The van der Waals surface area contributed by atoms with Crippen LogP contribution >= 0.6 is 11.6 Å². The van der Waals surface area contributed by atoms with Crippen LogP contribution in [0.3, 0.4) is 0 Å². The average Bonchev–Trinajstić information content (AvgIpc) is 2.37. The maximum absolute atomic E-state index is 11.9. The van der Waals surface area contributed by atoms with E-state index in [9.17, 15) is 4.79 Å². The van der Waals surface area contributed by atoms with E-state index in [1.165, 1.54) is 20.2 Å². The van der Waals surface area contributed by atoms with Crippen LogP contribution in [0.25, 0.3) is 0 Å². The number of amides is 1. The molecule has 0 atom stereocenters. The Kier molecular flexibility index (Phi) is 3.40. The molecule has 1 heterocycles. The van der Waals surface area contributed by atoms with Gasteiger partial charge < -0.3 is 9.47 Å². The first-order chi connectivity index (χ1) is 8.13. The second-order valence-electron chi connectivity index (χ2n) is 3.47. The van der Waals surface area contributed by atoms with Gasteiger partial charge in [-0.15, -0.1) is 0 Å². The van der Waals surface area contributed by atoms with E-state index in [2.05, 4.69) is 0 Å². The number of nitrogens with zero attached hydrogens (tertiary/aromatic N) is 1. The largest absolute Gasteiger partial charge is 0.486 e. The van der Waals surface area contributed by atoms with Crippen molar-refractivity contribution in [2.45, 2.75) is 0 Å². The van der Waals surface area contributed by atoms with E-state index < -0.39 is 0 Å². The molecule has 2 rings (SSSR count). The first-order valence-electron chi connectivity index (χ1n) is 5.05. The Labute approximate surface area is 104 Å². The Bertz CT molecular complexity index is 449. The van der Waals surface area contributed by atoms with Gasteiger partial charge >= 0.3 is 0 Å². The molecule has 0 unspecified atom stereocenters. The Morgan fingerprint density at radius 2 is 2.12 bits per heavy atom. The first kappa shape index (κ1) is 12.0. The zero-order chi connectivity index (χ0) is 12.4. The number of hydrogen-bond acceptors (Lipinski definition) is 4. The molecule has 0 saturated heterocycles. The number of hydrogen-bond donors (Lipinski definition) is 0. The van der Waals surface area contributed by atoms with E-state index in [1.54, 1.807) is 6.07 Å². The SMILES string of the molecule is CON(C)C(=O)c1cc(Cl)c2c(c1)OCCO2. The van der Waals surface area contributed by atoms with Crippen molar-refractivity contribution in [1.29, 1.82) is 0 Å². The fourth-order valence-electron chi connectivity index (χ4n) is 1.50. The van der Waals surface area contributed by atoms with E-state index >= 15 is 0 Å². The number of rotatable bonds is 2. The summed E-state index contributed by atoms with van der Waals surface area (Å²) in [5.74, 6) is 0.664. The van der Waals surface area contributed by atoms with Crippen LogP contribution in [0.15, 0.2) is 12.1 Å². The minimum atomic E-state index is -0.300. The van der Waals surface area contributed by atoms with Gasteiger partial charge in [-0.2, -0.15) is 0 Å². The number of carbonyl (C=O) groups excluding carboxylic acids is 1. The fraction of sp³-hybridized carbons (Fsp3) is 0.364. The van der Waals surface area contributed by atoms with E-state index in [-0.39, 0.29) is 5.91 Å². The lowest BCUT2D eigenvalue weighted by Crippen LogP contribution is -2.25. The zero-order valence-electron chi connectivity index (χ0n) is 9.53. The molecular formula is C11H12ClNO4. The molecule has 5 nitrogen and oxygen atoms in total. The van der Waals surface area contributed by atoms with Gasteiger partial charge in [0.1, 0.15) is 13.2 Å². The average molecular weight is 258 g/mol. The van der Waals surface area contributed by atoms with Crippen molar-refractivity contribution < 1.29 is 19.1 Å². The predicted octanol–water partition coefficient (Wildman–Crippen LogP) is 1.74. The minimum absolute atomic E-state index is 0.300. The van der Waals surface area contributed by atoms with Gasteiger partial charge in [0.2, 0.25) is 0 Å². The summed E-state index contributed by atoms with van der Waals surface area (Å²) < 4.78 is 10.8. The van der Waals surface area contributed by atoms with Gasteiger partial charge in [0.15, 0.2) is 11.5 Å². The maximum Gasteiger partial charge on any atom is 0.277 e. The summed E-state index contributed by atoms with van der Waals surface area (Å²) in [6.45, 7) is 0.902. The summed E-state index contributed by atoms with van der Waals surface area (Å²) in [4.78, 5) is 16.7. The normalized spacial score (nSPS) is 13.4. The van der Waals surface area contributed by atoms with Crippen molar-refractivity contribution in [2.24, 2.45) is 0 Å². The Balaban J connectivity index is 2.37. The van der Waals surface area contributed by atoms with E-state index in [0.717, 1.165) is 5.06 Å². The van der Waals surface area contributed by atoms with Crippen LogP contribution in [0.4, 0.5) is 0 Å². The highest BCUT2D eigenvalue weighted by Crippen LogP contribution is 2.38. The molecule has 0 spiro atoms. The topological polar surface area (TPSA) is 48.0 Å². The minimum Gasteiger partial charge on any atom is -0.486 e. The third-order valence-corrected chi connectivity index (χ3v) is 2.68. The van der Waals surface area contributed by atoms with Gasteiger partial charge in [-0.1, -0.05) is 11.6 Å². The molecule has 0 aromatic heterocycles. The summed E-state index contributed by atoms with van der Waals surface area (Å²) in [7, 11) is 2.94. The molecular weight excluding hydrogens is 246 g/mol. The lowest BCUT2D eigenvalue weighted by atomic mass is 10.2. The molecule has 1 amide bonds. The van der Waals surface area contributed by atoms with E-state index in [4.69, 9.17) is 25.9 Å². The van der Waals surface area contributed by atoms with Crippen molar-refractivity contribution in [3.8, 4) is 11.5 Å². The smallest absolute Gasteiger partial charge is 0.277 e. The van der Waals surface area contributed by atoms with E-state index in [1.807, 2.05) is 0 Å². The highest BCUT2D eigenvalue weighted by atomic mass is 35.5. The van der Waals surface area contributed by atoms with Crippen molar-refractivity contribution in [1.82, 2.24) is 5.06 Å². The molecule has 0 N–H and O–H groups in total. The molecule has 1 aromatic rings. The zero-order valence-corrected chi connectivity index (χ0v) is 10.3. The van der Waals surface area contributed by atoms with E-state index in [0.29, 0.717) is 35.3 Å². The van der Waals surface area contributed by atoms with Crippen LogP contribution < -0.4 is 9.47 Å². The standard InChI is InChI=1S/C11H12ClNO4/c1-13(15-2)11(14)7-5-8(12)10-9(6-7)16-3-4-17-10/h5-6H,3-4H2,1-2H3. The molecule has 1 aliphatic rings. The second kappa shape index (κ2) is 4.81. The molecule has 92 valence electrons. The lowest BCUT2D eigenvalue weighted by Gasteiger charge is -2.21. The molecule has 0 bridgehead atoms. The number of ether oxygens (including phenoxy) is 2. The number of carbonyl (C=O) groups is 1. The maximum atomic E-state index is 11.9. The second-order valence-corrected chi connectivity index (χ2v) is 3.87. The van der Waals surface area contributed by atoms with Crippen molar-refractivity contribution in [3.05, 3.63) is 22.7 Å². The Morgan fingerprint density at radius 3 is 2.82 bits per heavy atom. The van der Waals surface area contributed by atoms with Gasteiger partial charge in [-0.25, -0.2) is 5.06 Å². The Hall–Kier alpha value is -1.46. The predicted molar refractivity (Wildman–Crippen MR) is 61.5 cm³/mol. The summed E-state index contributed by atoms with van der Waals surface area (Å²) in [5.41, 5.74) is 0.392. The quantitative estimate of drug-likeness (QED) is 0.758. The van der Waals surface area contributed by atoms with Crippen molar-refractivity contribution in [2.75, 3.05) is 27.4 Å². The first-order valence-corrected chi connectivity index (χ1v) is 5.42. The highest BCUT2D eigenvalue weighted by Gasteiger charge is 2.20. The fourth-order valence-corrected chi connectivity index (χ4v) is 1.76. The Morgan fingerprint density at radius 1 is 1.41 bits per heavy atom. The van der Waals surface area contributed by atoms with Gasteiger partial charge in [0, 0.05) is 12.6 Å². The monoisotopic (exact) mass is 257 g/mol. The van der Waals surface area contributed by atoms with Crippen LogP contribution in [0.1, 0.15) is 10.4 Å². The summed E-state index contributed by atoms with van der Waals surface area (Å²) >= 11 is 6.02.